The summed E-state index contributed by atoms with van der Waals surface area (Å²) in [4.78, 5) is 11.0. The van der Waals surface area contributed by atoms with Gasteiger partial charge < -0.3 is 5.32 Å². The number of ketones is 1. The van der Waals surface area contributed by atoms with Crippen LogP contribution in [0.4, 0.5) is 0 Å². The fraction of sp³-hybridized carbons (Fsp3) is 0.308. The van der Waals surface area contributed by atoms with Gasteiger partial charge in [-0.1, -0.05) is 24.0 Å². The molecular formula is C13H15NO. The van der Waals surface area contributed by atoms with Crippen molar-refractivity contribution in [3.8, 4) is 11.8 Å². The molecule has 0 aliphatic rings. The summed E-state index contributed by atoms with van der Waals surface area (Å²) < 4.78 is 0. The zero-order valence-electron chi connectivity index (χ0n) is 9.13. The van der Waals surface area contributed by atoms with Gasteiger partial charge in [-0.15, -0.1) is 0 Å². The van der Waals surface area contributed by atoms with Gasteiger partial charge in [-0.2, -0.15) is 0 Å². The van der Waals surface area contributed by atoms with E-state index in [0.29, 0.717) is 0 Å². The third-order valence-corrected chi connectivity index (χ3v) is 2.02. The van der Waals surface area contributed by atoms with Gasteiger partial charge in [-0.25, -0.2) is 0 Å². The van der Waals surface area contributed by atoms with E-state index in [2.05, 4.69) is 17.2 Å². The number of rotatable bonds is 3. The molecule has 0 aliphatic carbocycles. The van der Waals surface area contributed by atoms with Crippen molar-refractivity contribution < 1.29 is 4.79 Å². The van der Waals surface area contributed by atoms with Crippen LogP contribution in [0.25, 0.3) is 0 Å². The lowest BCUT2D eigenvalue weighted by atomic mass is 10.1. The molecule has 0 radical (unpaired) electrons. The standard InChI is InChI=1S/C13H15NO/c1-11(15)13-8-6-12(7-9-13)5-3-4-10-14-2/h6-9,14H,4,10H2,1-2H3. The highest BCUT2D eigenvalue weighted by Gasteiger charge is 1.96. The Balaban J connectivity index is 2.63. The molecule has 0 aromatic heterocycles. The number of hydrogen-bond donors (Lipinski definition) is 1. The second-order valence-corrected chi connectivity index (χ2v) is 3.29. The molecule has 2 heteroatoms. The van der Waals surface area contributed by atoms with Crippen LogP contribution in [0.5, 0.6) is 0 Å². The van der Waals surface area contributed by atoms with E-state index in [1.807, 2.05) is 31.3 Å². The molecule has 1 aromatic carbocycles. The van der Waals surface area contributed by atoms with E-state index < -0.39 is 0 Å². The largest absolute Gasteiger partial charge is 0.319 e. The topological polar surface area (TPSA) is 29.1 Å². The monoisotopic (exact) mass is 201 g/mol. The number of benzene rings is 1. The van der Waals surface area contributed by atoms with E-state index in [9.17, 15) is 4.79 Å². The van der Waals surface area contributed by atoms with Crippen LogP contribution in [0.15, 0.2) is 24.3 Å². The van der Waals surface area contributed by atoms with Crippen LogP contribution in [0.3, 0.4) is 0 Å². The van der Waals surface area contributed by atoms with Gasteiger partial charge in [0.05, 0.1) is 0 Å². The van der Waals surface area contributed by atoms with Crippen LogP contribution in [0.1, 0.15) is 29.3 Å². The summed E-state index contributed by atoms with van der Waals surface area (Å²) in [6, 6.07) is 7.38. The van der Waals surface area contributed by atoms with Gasteiger partial charge in [-0.3, -0.25) is 4.79 Å². The summed E-state index contributed by atoms with van der Waals surface area (Å²) in [5.74, 6) is 6.19. The Morgan fingerprint density at radius 3 is 2.53 bits per heavy atom. The summed E-state index contributed by atoms with van der Waals surface area (Å²) in [6.45, 7) is 2.46. The number of Topliss-reactive ketones (excluding diaryl/α,β-unsaturated/α-hetero) is 1. The molecule has 1 aromatic rings. The van der Waals surface area contributed by atoms with Crippen LogP contribution in [-0.4, -0.2) is 19.4 Å². The highest BCUT2D eigenvalue weighted by atomic mass is 16.1. The molecule has 2 nitrogen and oxygen atoms in total. The van der Waals surface area contributed by atoms with Gasteiger partial charge in [0.25, 0.3) is 0 Å². The first-order valence-corrected chi connectivity index (χ1v) is 4.98. The highest BCUT2D eigenvalue weighted by Crippen LogP contribution is 2.03. The Morgan fingerprint density at radius 1 is 1.33 bits per heavy atom. The minimum absolute atomic E-state index is 0.0877. The number of hydrogen-bond acceptors (Lipinski definition) is 2. The van der Waals surface area contributed by atoms with Gasteiger partial charge in [0, 0.05) is 24.1 Å². The fourth-order valence-electron chi connectivity index (χ4n) is 1.14. The maximum atomic E-state index is 11.0. The average Bonchev–Trinajstić information content (AvgIpc) is 2.25. The predicted octanol–water partition coefficient (Wildman–Crippen LogP) is 1.85. The van der Waals surface area contributed by atoms with E-state index in [0.717, 1.165) is 24.1 Å². The Morgan fingerprint density at radius 2 is 2.00 bits per heavy atom. The lowest BCUT2D eigenvalue weighted by molar-refractivity contribution is 0.101. The Bertz CT molecular complexity index is 381. The Hall–Kier alpha value is -1.59. The van der Waals surface area contributed by atoms with Crippen molar-refractivity contribution in [3.63, 3.8) is 0 Å². The fourth-order valence-corrected chi connectivity index (χ4v) is 1.14. The zero-order chi connectivity index (χ0) is 11.1. The Labute approximate surface area is 90.7 Å². The Kier molecular flexibility index (Phi) is 4.59. The molecular weight excluding hydrogens is 186 g/mol. The molecule has 1 N–H and O–H groups in total. The van der Waals surface area contributed by atoms with Gasteiger partial charge in [0.1, 0.15) is 0 Å². The molecule has 0 aliphatic heterocycles. The zero-order valence-corrected chi connectivity index (χ0v) is 9.13. The molecule has 15 heavy (non-hydrogen) atoms. The smallest absolute Gasteiger partial charge is 0.159 e. The van der Waals surface area contributed by atoms with Gasteiger partial charge >= 0.3 is 0 Å². The van der Waals surface area contributed by atoms with E-state index in [1.165, 1.54) is 0 Å². The molecule has 78 valence electrons. The molecule has 0 bridgehead atoms. The normalized spacial score (nSPS) is 9.20. The SMILES string of the molecule is CNCCC#Cc1ccc(C(C)=O)cc1. The summed E-state index contributed by atoms with van der Waals surface area (Å²) in [5, 5.41) is 3.03. The predicted molar refractivity (Wildman–Crippen MR) is 61.9 cm³/mol. The van der Waals surface area contributed by atoms with Crippen LogP contribution in [0, 0.1) is 11.8 Å². The third-order valence-electron chi connectivity index (χ3n) is 2.02. The molecule has 0 fully saturated rings. The highest BCUT2D eigenvalue weighted by molar-refractivity contribution is 5.94. The average molecular weight is 201 g/mol. The van der Waals surface area contributed by atoms with Crippen LogP contribution < -0.4 is 5.32 Å². The number of carbonyl (C=O) groups excluding carboxylic acids is 1. The molecule has 1 rings (SSSR count). The van der Waals surface area contributed by atoms with Crippen molar-refractivity contribution >= 4 is 5.78 Å². The van der Waals surface area contributed by atoms with Crippen molar-refractivity contribution in [1.82, 2.24) is 5.32 Å². The summed E-state index contributed by atoms with van der Waals surface area (Å²) >= 11 is 0. The first-order chi connectivity index (χ1) is 7.24. The minimum atomic E-state index is 0.0877. The first kappa shape index (κ1) is 11.5. The van der Waals surface area contributed by atoms with Gasteiger partial charge in [0.15, 0.2) is 5.78 Å². The van der Waals surface area contributed by atoms with Crippen molar-refractivity contribution in [1.29, 1.82) is 0 Å². The maximum absolute atomic E-state index is 11.0. The number of nitrogens with one attached hydrogen (secondary N) is 1. The van der Waals surface area contributed by atoms with Crippen LogP contribution in [0.2, 0.25) is 0 Å². The van der Waals surface area contributed by atoms with Gasteiger partial charge in [0.2, 0.25) is 0 Å². The molecule has 0 amide bonds. The minimum Gasteiger partial charge on any atom is -0.319 e. The van der Waals surface area contributed by atoms with Crippen molar-refractivity contribution in [3.05, 3.63) is 35.4 Å². The van der Waals surface area contributed by atoms with E-state index >= 15 is 0 Å². The first-order valence-electron chi connectivity index (χ1n) is 4.98. The lowest BCUT2D eigenvalue weighted by Crippen LogP contribution is -2.05. The van der Waals surface area contributed by atoms with Gasteiger partial charge in [-0.05, 0) is 26.1 Å². The molecule has 0 spiro atoms. The van der Waals surface area contributed by atoms with Crippen molar-refractivity contribution in [2.75, 3.05) is 13.6 Å². The third kappa shape index (κ3) is 3.97. The quantitative estimate of drug-likeness (QED) is 0.459. The van der Waals surface area contributed by atoms with E-state index in [4.69, 9.17) is 0 Å². The molecule has 0 atom stereocenters. The van der Waals surface area contributed by atoms with Crippen LogP contribution >= 0.6 is 0 Å². The molecule has 0 unspecified atom stereocenters. The van der Waals surface area contributed by atoms with E-state index in [-0.39, 0.29) is 5.78 Å². The summed E-state index contributed by atoms with van der Waals surface area (Å²) in [7, 11) is 1.91. The van der Waals surface area contributed by atoms with E-state index in [1.54, 1.807) is 6.92 Å². The number of carbonyl (C=O) groups is 1. The maximum Gasteiger partial charge on any atom is 0.159 e. The second-order valence-electron chi connectivity index (χ2n) is 3.29. The van der Waals surface area contributed by atoms with Crippen molar-refractivity contribution in [2.45, 2.75) is 13.3 Å². The molecule has 0 heterocycles. The lowest BCUT2D eigenvalue weighted by Gasteiger charge is -1.94. The summed E-state index contributed by atoms with van der Waals surface area (Å²) in [6.07, 6.45) is 0.838. The van der Waals surface area contributed by atoms with Crippen LogP contribution in [-0.2, 0) is 0 Å². The molecule has 0 saturated heterocycles. The van der Waals surface area contributed by atoms with Crippen molar-refractivity contribution in [2.24, 2.45) is 0 Å². The summed E-state index contributed by atoms with van der Waals surface area (Å²) in [5.41, 5.74) is 1.69. The second kappa shape index (κ2) is 6.00. The molecule has 0 saturated carbocycles.